The molecule has 6 rings (SSSR count). The summed E-state index contributed by atoms with van der Waals surface area (Å²) in [4.78, 5) is 30.9. The van der Waals surface area contributed by atoms with E-state index >= 15 is 0 Å². The van der Waals surface area contributed by atoms with Gasteiger partial charge in [-0.2, -0.15) is 0 Å². The minimum absolute atomic E-state index is 0.0312. The first-order valence-electron chi connectivity index (χ1n) is 14.5. The van der Waals surface area contributed by atoms with Gasteiger partial charge in [-0.25, -0.2) is 4.68 Å². The van der Waals surface area contributed by atoms with Gasteiger partial charge in [-0.05, 0) is 90.4 Å². The Morgan fingerprint density at radius 3 is 2.80 bits per heavy atom. The van der Waals surface area contributed by atoms with E-state index in [-0.39, 0.29) is 18.4 Å². The normalized spacial score (nSPS) is 23.5. The molecule has 2 saturated heterocycles. The fraction of sp³-hybridized carbons (Fsp3) is 0.500. The molecule has 216 valence electrons. The van der Waals surface area contributed by atoms with Crippen molar-refractivity contribution in [2.75, 3.05) is 39.9 Å². The van der Waals surface area contributed by atoms with Gasteiger partial charge in [0, 0.05) is 30.7 Å². The molecule has 4 heterocycles. The van der Waals surface area contributed by atoms with Crippen LogP contribution in [0, 0.1) is 5.92 Å². The molecule has 0 spiro atoms. The number of tetrazole rings is 1. The first kappa shape index (κ1) is 27.2. The fourth-order valence-corrected chi connectivity index (χ4v) is 6.54. The Morgan fingerprint density at radius 2 is 2.00 bits per heavy atom. The number of methoxy groups -OCH3 is 1. The minimum Gasteiger partial charge on any atom is -0.493 e. The lowest BCUT2D eigenvalue weighted by Crippen LogP contribution is -2.43. The zero-order valence-corrected chi connectivity index (χ0v) is 23.4. The average molecular weight is 560 g/mol. The van der Waals surface area contributed by atoms with Crippen LogP contribution in [0.4, 0.5) is 0 Å². The van der Waals surface area contributed by atoms with Crippen LogP contribution < -0.4 is 14.8 Å². The highest BCUT2D eigenvalue weighted by Gasteiger charge is 2.44. The van der Waals surface area contributed by atoms with Crippen molar-refractivity contribution in [3.63, 3.8) is 0 Å². The molecule has 0 saturated carbocycles. The van der Waals surface area contributed by atoms with Crippen LogP contribution in [0.3, 0.4) is 0 Å². The summed E-state index contributed by atoms with van der Waals surface area (Å²) in [6.45, 7) is 3.19. The maximum absolute atomic E-state index is 13.5. The molecule has 1 aromatic heterocycles. The van der Waals surface area contributed by atoms with E-state index in [4.69, 9.17) is 9.47 Å². The Bertz CT molecular complexity index is 1350. The third-order valence-corrected chi connectivity index (χ3v) is 8.59. The summed E-state index contributed by atoms with van der Waals surface area (Å²) < 4.78 is 13.4. The number of hydrogen-bond acceptors (Lipinski definition) is 8. The summed E-state index contributed by atoms with van der Waals surface area (Å²) in [6.07, 6.45) is 6.29. The van der Waals surface area contributed by atoms with E-state index in [0.717, 1.165) is 42.9 Å². The number of nitrogens with zero attached hydrogens (tertiary/aromatic N) is 6. The van der Waals surface area contributed by atoms with Crippen LogP contribution in [0.2, 0.25) is 0 Å². The van der Waals surface area contributed by atoms with Crippen LogP contribution >= 0.6 is 0 Å². The molecule has 1 N–H and O–H groups in total. The van der Waals surface area contributed by atoms with Crippen molar-refractivity contribution < 1.29 is 19.1 Å². The predicted molar refractivity (Wildman–Crippen MR) is 151 cm³/mol. The first-order chi connectivity index (χ1) is 20.1. The molecule has 2 amide bonds. The SMILES string of the molecule is COc1ccc2cc1OCCCCN(C(=O)c1ccc(Cn3cnnn3)cc1)CC(=O)NC[C@H]1C[C@H]2N2CCC[C@@H]12. The lowest BCUT2D eigenvalue weighted by Gasteiger charge is -2.25. The zero-order valence-electron chi connectivity index (χ0n) is 23.4. The van der Waals surface area contributed by atoms with Gasteiger partial charge in [-0.3, -0.25) is 14.5 Å². The van der Waals surface area contributed by atoms with Gasteiger partial charge in [0.05, 0.1) is 26.8 Å². The molecule has 0 radical (unpaired) electrons. The highest BCUT2D eigenvalue weighted by Crippen LogP contribution is 2.46. The van der Waals surface area contributed by atoms with E-state index in [9.17, 15) is 9.59 Å². The van der Waals surface area contributed by atoms with E-state index < -0.39 is 0 Å². The number of rotatable bonds is 4. The van der Waals surface area contributed by atoms with E-state index in [0.29, 0.717) is 56.2 Å². The number of fused-ring (bicyclic) bond motifs is 8. The smallest absolute Gasteiger partial charge is 0.254 e. The molecule has 41 heavy (non-hydrogen) atoms. The van der Waals surface area contributed by atoms with Gasteiger partial charge in [0.25, 0.3) is 5.91 Å². The fourth-order valence-electron chi connectivity index (χ4n) is 6.54. The van der Waals surface area contributed by atoms with Crippen LogP contribution in [-0.4, -0.2) is 87.8 Å². The van der Waals surface area contributed by atoms with Gasteiger partial charge >= 0.3 is 0 Å². The number of amides is 2. The Morgan fingerprint density at radius 1 is 1.12 bits per heavy atom. The maximum atomic E-state index is 13.5. The first-order valence-corrected chi connectivity index (χ1v) is 14.5. The molecule has 3 aliphatic rings. The van der Waals surface area contributed by atoms with Gasteiger partial charge in [-0.15, -0.1) is 5.10 Å². The number of aromatic nitrogens is 4. The van der Waals surface area contributed by atoms with Gasteiger partial charge in [0.1, 0.15) is 6.33 Å². The molecule has 0 unspecified atom stereocenters. The number of nitrogens with one attached hydrogen (secondary N) is 1. The Labute approximate surface area is 239 Å². The van der Waals surface area contributed by atoms with E-state index in [1.807, 2.05) is 18.2 Å². The Balaban J connectivity index is 1.18. The van der Waals surface area contributed by atoms with Crippen molar-refractivity contribution in [3.8, 4) is 11.5 Å². The van der Waals surface area contributed by atoms with Crippen molar-refractivity contribution in [2.24, 2.45) is 5.92 Å². The quantitative estimate of drug-likeness (QED) is 0.519. The molecule has 3 aliphatic heterocycles. The molecule has 2 fully saturated rings. The van der Waals surface area contributed by atoms with Crippen molar-refractivity contribution in [3.05, 3.63) is 65.5 Å². The topological polar surface area (TPSA) is 115 Å². The molecule has 0 aliphatic carbocycles. The summed E-state index contributed by atoms with van der Waals surface area (Å²) in [5.74, 6) is 1.59. The highest BCUT2D eigenvalue weighted by molar-refractivity contribution is 5.96. The second-order valence-electron chi connectivity index (χ2n) is 11.2. The van der Waals surface area contributed by atoms with Gasteiger partial charge < -0.3 is 19.7 Å². The summed E-state index contributed by atoms with van der Waals surface area (Å²) in [5, 5.41) is 14.4. The standard InChI is InChI=1S/C30H37N7O4/c1-40-27-11-10-23-16-28(27)41-14-3-2-12-35(19-29(38)31-17-24-15-26(23)37-13-4-5-25(24)37)30(39)22-8-6-21(7-9-22)18-36-20-32-33-34-36/h6-11,16,20,24-26H,2-5,12-15,17-19H2,1H3,(H,31,38)/t24-,25+,26-/m1/s1. The van der Waals surface area contributed by atoms with Gasteiger partial charge in [0.2, 0.25) is 5.91 Å². The molecule has 11 heteroatoms. The Hall–Kier alpha value is -3.99. The van der Waals surface area contributed by atoms with Crippen LogP contribution in [0.1, 0.15) is 59.6 Å². The summed E-state index contributed by atoms with van der Waals surface area (Å²) in [7, 11) is 1.67. The second-order valence-corrected chi connectivity index (χ2v) is 11.2. The lowest BCUT2D eigenvalue weighted by atomic mass is 9.94. The minimum atomic E-state index is -0.159. The molecule has 3 atom stereocenters. The molecule has 2 aromatic carbocycles. The maximum Gasteiger partial charge on any atom is 0.254 e. The van der Waals surface area contributed by atoms with Crippen molar-refractivity contribution in [1.29, 1.82) is 0 Å². The van der Waals surface area contributed by atoms with Gasteiger partial charge in [0.15, 0.2) is 11.5 Å². The van der Waals surface area contributed by atoms with Crippen molar-refractivity contribution in [1.82, 2.24) is 35.3 Å². The third kappa shape index (κ3) is 6.04. The number of carbonyl (C=O) groups is 2. The van der Waals surface area contributed by atoms with E-state index in [1.165, 1.54) is 12.0 Å². The lowest BCUT2D eigenvalue weighted by molar-refractivity contribution is -0.122. The highest BCUT2D eigenvalue weighted by atomic mass is 16.5. The largest absolute Gasteiger partial charge is 0.493 e. The van der Waals surface area contributed by atoms with E-state index in [2.05, 4.69) is 37.9 Å². The summed E-state index contributed by atoms with van der Waals surface area (Å²) in [6, 6.07) is 14.4. The zero-order chi connectivity index (χ0) is 28.2. The molecular formula is C30H37N7O4. The van der Waals surface area contributed by atoms with Crippen LogP contribution in [0.5, 0.6) is 11.5 Å². The third-order valence-electron chi connectivity index (χ3n) is 8.59. The molecular weight excluding hydrogens is 522 g/mol. The second kappa shape index (κ2) is 12.3. The van der Waals surface area contributed by atoms with Gasteiger partial charge in [-0.1, -0.05) is 18.2 Å². The average Bonchev–Trinajstić information content (AvgIpc) is 3.74. The molecule has 11 nitrogen and oxygen atoms in total. The van der Waals surface area contributed by atoms with Crippen LogP contribution in [0.15, 0.2) is 48.8 Å². The van der Waals surface area contributed by atoms with E-state index in [1.54, 1.807) is 35.2 Å². The number of hydrogen-bond donors (Lipinski definition) is 1. The monoisotopic (exact) mass is 559 g/mol. The van der Waals surface area contributed by atoms with Crippen LogP contribution in [0.25, 0.3) is 0 Å². The number of ether oxygens (including phenoxy) is 2. The summed E-state index contributed by atoms with van der Waals surface area (Å²) in [5.41, 5.74) is 2.77. The predicted octanol–water partition coefficient (Wildman–Crippen LogP) is 2.69. The molecule has 3 aromatic rings. The van der Waals surface area contributed by atoms with Crippen molar-refractivity contribution in [2.45, 2.75) is 50.7 Å². The molecule has 4 bridgehead atoms. The number of benzene rings is 2. The summed E-state index contributed by atoms with van der Waals surface area (Å²) >= 11 is 0. The Kier molecular flexibility index (Phi) is 8.13. The van der Waals surface area contributed by atoms with Crippen molar-refractivity contribution >= 4 is 11.8 Å². The van der Waals surface area contributed by atoms with Crippen LogP contribution in [-0.2, 0) is 11.3 Å². The number of carbonyl (C=O) groups excluding carboxylic acids is 2.